The van der Waals surface area contributed by atoms with Gasteiger partial charge in [-0.1, -0.05) is 6.07 Å². The maximum Gasteiger partial charge on any atom is 0.240 e. The van der Waals surface area contributed by atoms with Crippen molar-refractivity contribution in [2.24, 2.45) is 0 Å². The smallest absolute Gasteiger partial charge is 0.240 e. The van der Waals surface area contributed by atoms with E-state index in [1.165, 1.54) is 0 Å². The molecule has 1 aromatic rings. The van der Waals surface area contributed by atoms with Gasteiger partial charge in [0.05, 0.1) is 17.8 Å². The van der Waals surface area contributed by atoms with Crippen molar-refractivity contribution >= 4 is 5.91 Å². The molecule has 1 aromatic heterocycles. The van der Waals surface area contributed by atoms with E-state index in [9.17, 15) is 4.79 Å². The van der Waals surface area contributed by atoms with Crippen molar-refractivity contribution in [1.29, 1.82) is 0 Å². The summed E-state index contributed by atoms with van der Waals surface area (Å²) in [5.74, 6) is 0.0556. The number of hydrogen-bond acceptors (Lipinski definition) is 4. The molecular weight excluding hydrogens is 240 g/mol. The van der Waals surface area contributed by atoms with Crippen LogP contribution in [0.5, 0.6) is 0 Å². The highest BCUT2D eigenvalue weighted by atomic mass is 16.2. The maximum absolute atomic E-state index is 12.3. The first-order valence-electron chi connectivity index (χ1n) is 6.74. The van der Waals surface area contributed by atoms with E-state index in [4.69, 9.17) is 0 Å². The van der Waals surface area contributed by atoms with Crippen LogP contribution in [-0.4, -0.2) is 47.5 Å². The minimum atomic E-state index is -0.475. The van der Waals surface area contributed by atoms with Gasteiger partial charge in [-0.15, -0.1) is 0 Å². The van der Waals surface area contributed by atoms with Gasteiger partial charge in [0, 0.05) is 32.4 Å². The standard InChI is InChI=1S/C14H22N4O/c1-14(2,18-9-7-15-8-10-18)13(19)17-11-12-5-3-4-6-16-12/h3-6,15H,7-11H2,1-2H3,(H,17,19). The van der Waals surface area contributed by atoms with Gasteiger partial charge in [0.2, 0.25) is 5.91 Å². The average molecular weight is 262 g/mol. The molecule has 104 valence electrons. The van der Waals surface area contributed by atoms with E-state index in [1.54, 1.807) is 6.20 Å². The Morgan fingerprint density at radius 2 is 2.16 bits per heavy atom. The maximum atomic E-state index is 12.3. The van der Waals surface area contributed by atoms with E-state index < -0.39 is 5.54 Å². The number of carbonyl (C=O) groups is 1. The van der Waals surface area contributed by atoms with Gasteiger partial charge in [-0.2, -0.15) is 0 Å². The molecule has 0 radical (unpaired) electrons. The second kappa shape index (κ2) is 6.12. The first-order valence-corrected chi connectivity index (χ1v) is 6.74. The predicted octanol–water partition coefficient (Wildman–Crippen LogP) is 0.382. The molecule has 1 fully saturated rings. The minimum absolute atomic E-state index is 0.0556. The fraction of sp³-hybridized carbons (Fsp3) is 0.571. The zero-order chi connectivity index (χ0) is 13.7. The summed E-state index contributed by atoms with van der Waals surface area (Å²) in [4.78, 5) is 18.8. The van der Waals surface area contributed by atoms with E-state index in [1.807, 2.05) is 32.0 Å². The van der Waals surface area contributed by atoms with E-state index in [0.29, 0.717) is 6.54 Å². The van der Waals surface area contributed by atoms with Crippen molar-refractivity contribution < 1.29 is 4.79 Å². The number of amides is 1. The molecule has 1 saturated heterocycles. The molecule has 1 aliphatic heterocycles. The number of pyridine rings is 1. The molecule has 0 saturated carbocycles. The van der Waals surface area contributed by atoms with Crippen molar-refractivity contribution in [1.82, 2.24) is 20.5 Å². The molecule has 1 amide bonds. The largest absolute Gasteiger partial charge is 0.349 e. The molecule has 2 heterocycles. The fourth-order valence-corrected chi connectivity index (χ4v) is 2.26. The lowest BCUT2D eigenvalue weighted by molar-refractivity contribution is -0.132. The molecule has 0 unspecified atom stereocenters. The number of hydrogen-bond donors (Lipinski definition) is 2. The topological polar surface area (TPSA) is 57.3 Å². The van der Waals surface area contributed by atoms with Crippen molar-refractivity contribution in [2.75, 3.05) is 26.2 Å². The lowest BCUT2D eigenvalue weighted by Crippen LogP contribution is -2.59. The lowest BCUT2D eigenvalue weighted by Gasteiger charge is -2.39. The van der Waals surface area contributed by atoms with Crippen molar-refractivity contribution in [3.8, 4) is 0 Å². The van der Waals surface area contributed by atoms with Gasteiger partial charge < -0.3 is 10.6 Å². The highest BCUT2D eigenvalue weighted by Crippen LogP contribution is 2.15. The number of carbonyl (C=O) groups excluding carboxylic acids is 1. The van der Waals surface area contributed by atoms with Crippen LogP contribution in [0.2, 0.25) is 0 Å². The molecule has 0 aromatic carbocycles. The summed E-state index contributed by atoms with van der Waals surface area (Å²) in [6.07, 6.45) is 1.74. The zero-order valence-electron chi connectivity index (χ0n) is 11.6. The molecule has 0 atom stereocenters. The van der Waals surface area contributed by atoms with Gasteiger partial charge in [-0.3, -0.25) is 14.7 Å². The van der Waals surface area contributed by atoms with Crippen LogP contribution in [-0.2, 0) is 11.3 Å². The normalized spacial score (nSPS) is 17.2. The minimum Gasteiger partial charge on any atom is -0.349 e. The Labute approximate surface area is 114 Å². The Kier molecular flexibility index (Phi) is 4.50. The monoisotopic (exact) mass is 262 g/mol. The highest BCUT2D eigenvalue weighted by Gasteiger charge is 2.34. The van der Waals surface area contributed by atoms with Crippen LogP contribution in [0, 0.1) is 0 Å². The molecule has 5 heteroatoms. The molecule has 1 aliphatic rings. The molecule has 0 aliphatic carbocycles. The Morgan fingerprint density at radius 1 is 1.42 bits per heavy atom. The molecule has 5 nitrogen and oxygen atoms in total. The van der Waals surface area contributed by atoms with E-state index in [-0.39, 0.29) is 5.91 Å². The van der Waals surface area contributed by atoms with Gasteiger partial charge in [0.25, 0.3) is 0 Å². The molecular formula is C14H22N4O. The second-order valence-electron chi connectivity index (χ2n) is 5.30. The molecule has 2 rings (SSSR count). The summed E-state index contributed by atoms with van der Waals surface area (Å²) >= 11 is 0. The van der Waals surface area contributed by atoms with Gasteiger partial charge in [0.15, 0.2) is 0 Å². The number of piperazine rings is 1. The molecule has 19 heavy (non-hydrogen) atoms. The Balaban J connectivity index is 1.90. The molecule has 0 bridgehead atoms. The van der Waals surface area contributed by atoms with Gasteiger partial charge in [0.1, 0.15) is 0 Å². The van der Waals surface area contributed by atoms with Crippen molar-refractivity contribution in [3.05, 3.63) is 30.1 Å². The SMILES string of the molecule is CC(C)(C(=O)NCc1ccccn1)N1CCNCC1. The summed E-state index contributed by atoms with van der Waals surface area (Å²) in [7, 11) is 0. The quantitative estimate of drug-likeness (QED) is 0.824. The summed E-state index contributed by atoms with van der Waals surface area (Å²) in [5.41, 5.74) is 0.406. The molecule has 0 spiro atoms. The molecule has 2 N–H and O–H groups in total. The van der Waals surface area contributed by atoms with Gasteiger partial charge >= 0.3 is 0 Å². The van der Waals surface area contributed by atoms with Crippen LogP contribution in [0.3, 0.4) is 0 Å². The van der Waals surface area contributed by atoms with Crippen molar-refractivity contribution in [2.45, 2.75) is 25.9 Å². The summed E-state index contributed by atoms with van der Waals surface area (Å²) in [6.45, 7) is 8.13. The second-order valence-corrected chi connectivity index (χ2v) is 5.30. The van der Waals surface area contributed by atoms with Crippen LogP contribution < -0.4 is 10.6 Å². The summed E-state index contributed by atoms with van der Waals surface area (Å²) in [5, 5.41) is 6.27. The fourth-order valence-electron chi connectivity index (χ4n) is 2.26. The zero-order valence-corrected chi connectivity index (χ0v) is 11.6. The Hall–Kier alpha value is -1.46. The van der Waals surface area contributed by atoms with Crippen LogP contribution in [0.1, 0.15) is 19.5 Å². The predicted molar refractivity (Wildman–Crippen MR) is 74.6 cm³/mol. The number of nitrogens with one attached hydrogen (secondary N) is 2. The third kappa shape index (κ3) is 3.52. The summed E-state index contributed by atoms with van der Waals surface area (Å²) in [6, 6.07) is 5.71. The van der Waals surface area contributed by atoms with Crippen LogP contribution in [0.15, 0.2) is 24.4 Å². The Bertz CT molecular complexity index is 413. The van der Waals surface area contributed by atoms with Gasteiger partial charge in [-0.05, 0) is 26.0 Å². The Morgan fingerprint density at radius 3 is 2.79 bits per heavy atom. The lowest BCUT2D eigenvalue weighted by atomic mass is 10.0. The third-order valence-corrected chi connectivity index (χ3v) is 3.62. The first-order chi connectivity index (χ1) is 9.10. The third-order valence-electron chi connectivity index (χ3n) is 3.62. The first kappa shape index (κ1) is 14.0. The van der Waals surface area contributed by atoms with Gasteiger partial charge in [-0.25, -0.2) is 0 Å². The highest BCUT2D eigenvalue weighted by molar-refractivity contribution is 5.85. The van der Waals surface area contributed by atoms with Crippen LogP contribution in [0.25, 0.3) is 0 Å². The van der Waals surface area contributed by atoms with E-state index in [2.05, 4.69) is 20.5 Å². The number of nitrogens with zero attached hydrogens (tertiary/aromatic N) is 2. The average Bonchev–Trinajstić information content (AvgIpc) is 2.46. The van der Waals surface area contributed by atoms with Crippen molar-refractivity contribution in [3.63, 3.8) is 0 Å². The van der Waals surface area contributed by atoms with E-state index in [0.717, 1.165) is 31.9 Å². The van der Waals surface area contributed by atoms with E-state index >= 15 is 0 Å². The number of aromatic nitrogens is 1. The van der Waals surface area contributed by atoms with Crippen LogP contribution >= 0.6 is 0 Å². The van der Waals surface area contributed by atoms with Crippen LogP contribution in [0.4, 0.5) is 0 Å². The summed E-state index contributed by atoms with van der Waals surface area (Å²) < 4.78 is 0. The number of rotatable bonds is 4.